The fraction of sp³-hybridized carbons (Fsp3) is 0.417. The molecule has 0 amide bonds. The molecule has 8 heteroatoms. The van der Waals surface area contributed by atoms with Gasteiger partial charge >= 0.3 is 5.97 Å². The van der Waals surface area contributed by atoms with E-state index in [1.165, 1.54) is 12.3 Å². The summed E-state index contributed by atoms with van der Waals surface area (Å²) in [6, 6.07) is 4.46. The average Bonchev–Trinajstić information content (AvgIpc) is 2.37. The summed E-state index contributed by atoms with van der Waals surface area (Å²) in [7, 11) is -3.22. The number of carboxylic acid groups (broad SMARTS) is 1. The number of carbonyl (C=O) groups is 1. The first-order chi connectivity index (χ1) is 9.41. The number of anilines is 1. The third kappa shape index (κ3) is 3.24. The van der Waals surface area contributed by atoms with Gasteiger partial charge < -0.3 is 10.0 Å². The number of hydrogen-bond acceptors (Lipinski definition) is 6. The molecule has 1 aliphatic heterocycles. The highest BCUT2D eigenvalue weighted by Crippen LogP contribution is 2.23. The van der Waals surface area contributed by atoms with Crippen molar-refractivity contribution < 1.29 is 18.3 Å². The van der Waals surface area contributed by atoms with Crippen molar-refractivity contribution in [1.82, 2.24) is 4.98 Å². The van der Waals surface area contributed by atoms with Crippen molar-refractivity contribution in [2.24, 2.45) is 0 Å². The summed E-state index contributed by atoms with van der Waals surface area (Å²) in [6.45, 7) is 0.217. The quantitative estimate of drug-likeness (QED) is 0.837. The smallest absolute Gasteiger partial charge is 0.305 e. The molecule has 0 spiro atoms. The molecule has 1 aliphatic rings. The van der Waals surface area contributed by atoms with Crippen molar-refractivity contribution in [1.29, 1.82) is 5.26 Å². The zero-order valence-electron chi connectivity index (χ0n) is 10.6. The van der Waals surface area contributed by atoms with Gasteiger partial charge in [-0.15, -0.1) is 0 Å². The molecule has 0 aromatic carbocycles. The summed E-state index contributed by atoms with van der Waals surface area (Å²) in [6.07, 6.45) is 1.19. The number of aliphatic carboxylic acids is 1. The van der Waals surface area contributed by atoms with Gasteiger partial charge in [-0.2, -0.15) is 5.26 Å². The Bertz CT molecular complexity index is 666. The van der Waals surface area contributed by atoms with E-state index in [0.717, 1.165) is 0 Å². The molecule has 0 aliphatic carbocycles. The molecule has 1 fully saturated rings. The molecule has 1 saturated heterocycles. The molecule has 2 heterocycles. The number of carboxylic acids is 1. The van der Waals surface area contributed by atoms with E-state index in [1.54, 1.807) is 11.0 Å². The summed E-state index contributed by atoms with van der Waals surface area (Å²) < 4.78 is 23.3. The minimum absolute atomic E-state index is 0.0205. The van der Waals surface area contributed by atoms with Crippen molar-refractivity contribution in [3.05, 3.63) is 24.0 Å². The SMILES string of the molecule is N#Cc1cc(N2CCS(=O)(=O)CC2CC(=O)O)ccn1. The van der Waals surface area contributed by atoms with Crippen molar-refractivity contribution in [2.45, 2.75) is 12.5 Å². The van der Waals surface area contributed by atoms with Gasteiger partial charge in [0.2, 0.25) is 0 Å². The van der Waals surface area contributed by atoms with Crippen LogP contribution in [0.15, 0.2) is 18.3 Å². The Balaban J connectivity index is 2.32. The Hall–Kier alpha value is -2.14. The molecule has 106 valence electrons. The predicted molar refractivity (Wildman–Crippen MR) is 71.0 cm³/mol. The van der Waals surface area contributed by atoms with Crippen LogP contribution in [0.4, 0.5) is 5.69 Å². The van der Waals surface area contributed by atoms with Gasteiger partial charge in [0.15, 0.2) is 9.84 Å². The second kappa shape index (κ2) is 5.46. The van der Waals surface area contributed by atoms with Crippen molar-refractivity contribution in [3.63, 3.8) is 0 Å². The number of aromatic nitrogens is 1. The third-order valence-corrected chi connectivity index (χ3v) is 4.83. The summed E-state index contributed by atoms with van der Waals surface area (Å²) >= 11 is 0. The largest absolute Gasteiger partial charge is 0.481 e. The van der Waals surface area contributed by atoms with Crippen molar-refractivity contribution in [2.75, 3.05) is 23.0 Å². The Labute approximate surface area is 116 Å². The molecule has 1 unspecified atom stereocenters. The molecule has 1 N–H and O–H groups in total. The van der Waals surface area contributed by atoms with E-state index in [9.17, 15) is 13.2 Å². The van der Waals surface area contributed by atoms with Crippen LogP contribution in [0, 0.1) is 11.3 Å². The number of pyridine rings is 1. The second-order valence-corrected chi connectivity index (χ2v) is 6.80. The van der Waals surface area contributed by atoms with Gasteiger partial charge in [0.25, 0.3) is 0 Å². The molecule has 0 bridgehead atoms. The van der Waals surface area contributed by atoms with Crippen LogP contribution in [0.3, 0.4) is 0 Å². The molecule has 1 aromatic rings. The average molecular weight is 295 g/mol. The van der Waals surface area contributed by atoms with Crippen LogP contribution in [-0.4, -0.2) is 48.6 Å². The summed E-state index contributed by atoms with van der Waals surface area (Å²) in [5, 5.41) is 17.7. The number of nitrogens with zero attached hydrogens (tertiary/aromatic N) is 3. The lowest BCUT2D eigenvalue weighted by molar-refractivity contribution is -0.137. The number of sulfone groups is 1. The zero-order chi connectivity index (χ0) is 14.8. The highest BCUT2D eigenvalue weighted by atomic mass is 32.2. The summed E-state index contributed by atoms with van der Waals surface area (Å²) in [4.78, 5) is 16.5. The highest BCUT2D eigenvalue weighted by molar-refractivity contribution is 7.91. The maximum Gasteiger partial charge on any atom is 0.305 e. The van der Waals surface area contributed by atoms with Gasteiger partial charge in [0.05, 0.1) is 24.0 Å². The first-order valence-corrected chi connectivity index (χ1v) is 7.78. The lowest BCUT2D eigenvalue weighted by Crippen LogP contribution is -2.49. The van der Waals surface area contributed by atoms with Crippen LogP contribution < -0.4 is 4.90 Å². The molecule has 1 aromatic heterocycles. The van der Waals surface area contributed by atoms with Crippen LogP contribution in [-0.2, 0) is 14.6 Å². The molecule has 0 radical (unpaired) electrons. The normalized spacial score (nSPS) is 21.1. The Kier molecular flexibility index (Phi) is 3.90. The first kappa shape index (κ1) is 14.3. The van der Waals surface area contributed by atoms with E-state index in [1.807, 2.05) is 6.07 Å². The lowest BCUT2D eigenvalue weighted by Gasteiger charge is -2.36. The van der Waals surface area contributed by atoms with Gasteiger partial charge in [-0.1, -0.05) is 0 Å². The standard InChI is InChI=1S/C12H13N3O4S/c13-7-9-5-10(1-2-14-9)15-3-4-20(18,19)8-11(15)6-12(16)17/h1-2,5,11H,3-4,6,8H2,(H,16,17). The van der Waals surface area contributed by atoms with E-state index < -0.39 is 21.8 Å². The monoisotopic (exact) mass is 295 g/mol. The Morgan fingerprint density at radius 2 is 2.35 bits per heavy atom. The molecule has 20 heavy (non-hydrogen) atoms. The molecule has 0 saturated carbocycles. The van der Waals surface area contributed by atoms with E-state index in [2.05, 4.69) is 4.98 Å². The number of nitriles is 1. The summed E-state index contributed by atoms with van der Waals surface area (Å²) in [5.74, 6) is -1.26. The Morgan fingerprint density at radius 1 is 1.60 bits per heavy atom. The van der Waals surface area contributed by atoms with Gasteiger partial charge in [0, 0.05) is 18.4 Å². The van der Waals surface area contributed by atoms with Crippen molar-refractivity contribution in [3.8, 4) is 6.07 Å². The van der Waals surface area contributed by atoms with Crippen LogP contribution in [0.25, 0.3) is 0 Å². The molecule has 2 rings (SSSR count). The van der Waals surface area contributed by atoms with Gasteiger partial charge in [-0.25, -0.2) is 13.4 Å². The van der Waals surface area contributed by atoms with Gasteiger partial charge in [-0.05, 0) is 12.1 Å². The number of hydrogen-bond donors (Lipinski definition) is 1. The Morgan fingerprint density at radius 3 is 3.00 bits per heavy atom. The maximum absolute atomic E-state index is 11.7. The van der Waals surface area contributed by atoms with Crippen LogP contribution >= 0.6 is 0 Å². The van der Waals surface area contributed by atoms with E-state index >= 15 is 0 Å². The third-order valence-electron chi connectivity index (χ3n) is 3.13. The zero-order valence-corrected chi connectivity index (χ0v) is 11.4. The topological polar surface area (TPSA) is 111 Å². The van der Waals surface area contributed by atoms with E-state index in [-0.39, 0.29) is 30.2 Å². The predicted octanol–water partition coefficient (Wildman–Crippen LogP) is 0.0314. The fourth-order valence-corrected chi connectivity index (χ4v) is 3.78. The van der Waals surface area contributed by atoms with Crippen LogP contribution in [0.2, 0.25) is 0 Å². The second-order valence-electron chi connectivity index (χ2n) is 4.57. The fourth-order valence-electron chi connectivity index (χ4n) is 2.26. The minimum Gasteiger partial charge on any atom is -0.481 e. The van der Waals surface area contributed by atoms with Gasteiger partial charge in [-0.3, -0.25) is 4.79 Å². The van der Waals surface area contributed by atoms with Crippen LogP contribution in [0.5, 0.6) is 0 Å². The highest BCUT2D eigenvalue weighted by Gasteiger charge is 2.32. The molecule has 1 atom stereocenters. The number of rotatable bonds is 3. The molecular formula is C12H13N3O4S. The molecular weight excluding hydrogens is 282 g/mol. The van der Waals surface area contributed by atoms with E-state index in [4.69, 9.17) is 10.4 Å². The van der Waals surface area contributed by atoms with Crippen LogP contribution in [0.1, 0.15) is 12.1 Å². The summed E-state index contributed by atoms with van der Waals surface area (Å²) in [5.41, 5.74) is 0.836. The first-order valence-electron chi connectivity index (χ1n) is 5.96. The van der Waals surface area contributed by atoms with Gasteiger partial charge in [0.1, 0.15) is 11.8 Å². The molecule has 7 nitrogen and oxygen atoms in total. The maximum atomic E-state index is 11.7. The van der Waals surface area contributed by atoms with E-state index in [0.29, 0.717) is 5.69 Å². The van der Waals surface area contributed by atoms with Crippen molar-refractivity contribution >= 4 is 21.5 Å². The minimum atomic E-state index is -3.22. The lowest BCUT2D eigenvalue weighted by atomic mass is 10.1.